The number of benzene rings is 3. The molecule has 9 heteroatoms. The summed E-state index contributed by atoms with van der Waals surface area (Å²) in [6.45, 7) is 2.48. The molecule has 184 valence electrons. The van der Waals surface area contributed by atoms with E-state index in [0.717, 1.165) is 5.75 Å². The normalized spacial score (nSPS) is 10.6. The number of hydrogen-bond acceptors (Lipinski definition) is 6. The lowest BCUT2D eigenvalue weighted by Gasteiger charge is -2.08. The van der Waals surface area contributed by atoms with Crippen molar-refractivity contribution in [1.82, 2.24) is 10.1 Å². The number of rotatable bonds is 10. The molecule has 2 amide bonds. The fraction of sp³-hybridized carbons (Fsp3) is 0.185. The average Bonchev–Trinajstić information content (AvgIpc) is 3.35. The number of carbonyl (C=O) groups is 2. The molecule has 1 heterocycles. The summed E-state index contributed by atoms with van der Waals surface area (Å²) in [7, 11) is 0. The molecule has 3 aromatic carbocycles. The van der Waals surface area contributed by atoms with Crippen LogP contribution in [-0.4, -0.2) is 28.6 Å². The molecule has 0 fully saturated rings. The zero-order valence-corrected chi connectivity index (χ0v) is 19.7. The lowest BCUT2D eigenvalue weighted by Crippen LogP contribution is -2.13. The van der Waals surface area contributed by atoms with E-state index in [2.05, 4.69) is 20.8 Å². The first-order chi connectivity index (χ1) is 17.5. The van der Waals surface area contributed by atoms with Gasteiger partial charge >= 0.3 is 0 Å². The van der Waals surface area contributed by atoms with Gasteiger partial charge in [-0.05, 0) is 86.1 Å². The molecule has 0 aliphatic carbocycles. The summed E-state index contributed by atoms with van der Waals surface area (Å²) in [4.78, 5) is 29.1. The van der Waals surface area contributed by atoms with E-state index in [9.17, 15) is 14.0 Å². The Bertz CT molecular complexity index is 1300. The number of aromatic nitrogens is 2. The Morgan fingerprint density at radius 3 is 2.28 bits per heavy atom. The van der Waals surface area contributed by atoms with Gasteiger partial charge in [-0.3, -0.25) is 9.59 Å². The maximum atomic E-state index is 13.0. The van der Waals surface area contributed by atoms with Gasteiger partial charge in [0.2, 0.25) is 17.6 Å². The van der Waals surface area contributed by atoms with Crippen LogP contribution >= 0.6 is 0 Å². The first-order valence-corrected chi connectivity index (χ1v) is 11.5. The van der Waals surface area contributed by atoms with Gasteiger partial charge in [0.15, 0.2) is 0 Å². The Labute approximate surface area is 207 Å². The largest absolute Gasteiger partial charge is 0.494 e. The van der Waals surface area contributed by atoms with E-state index in [0.29, 0.717) is 53.7 Å². The van der Waals surface area contributed by atoms with Crippen LogP contribution in [0.5, 0.6) is 5.75 Å². The molecule has 4 rings (SSSR count). The monoisotopic (exact) mass is 488 g/mol. The standard InChI is InChI=1S/C27H25FN4O4/c1-2-35-23-16-14-22(15-17-23)30-27(34)19-8-12-21(13-9-19)29-24(33)4-3-5-25-31-26(32-36-25)18-6-10-20(28)11-7-18/h6-17H,2-5H2,1H3,(H,29,33)(H,30,34). The summed E-state index contributed by atoms with van der Waals surface area (Å²) < 4.78 is 23.7. The second-order valence-corrected chi connectivity index (χ2v) is 7.91. The third kappa shape index (κ3) is 6.75. The molecule has 0 unspecified atom stereocenters. The minimum Gasteiger partial charge on any atom is -0.494 e. The van der Waals surface area contributed by atoms with Crippen LogP contribution in [0.4, 0.5) is 15.8 Å². The number of hydrogen-bond donors (Lipinski definition) is 2. The molecule has 0 saturated heterocycles. The van der Waals surface area contributed by atoms with Crippen LogP contribution < -0.4 is 15.4 Å². The van der Waals surface area contributed by atoms with Gasteiger partial charge in [0.1, 0.15) is 11.6 Å². The summed E-state index contributed by atoms with van der Waals surface area (Å²) in [6.07, 6.45) is 1.21. The van der Waals surface area contributed by atoms with Crippen molar-refractivity contribution in [2.24, 2.45) is 0 Å². The third-order valence-corrected chi connectivity index (χ3v) is 5.22. The smallest absolute Gasteiger partial charge is 0.255 e. The Balaban J connectivity index is 1.22. The van der Waals surface area contributed by atoms with Crippen molar-refractivity contribution in [3.8, 4) is 17.1 Å². The minimum atomic E-state index is -0.338. The number of aryl methyl sites for hydroxylation is 1. The van der Waals surface area contributed by atoms with Crippen molar-refractivity contribution in [3.63, 3.8) is 0 Å². The van der Waals surface area contributed by atoms with Gasteiger partial charge in [-0.25, -0.2) is 4.39 Å². The molecule has 4 aromatic rings. The SMILES string of the molecule is CCOc1ccc(NC(=O)c2ccc(NC(=O)CCCc3nc(-c4ccc(F)cc4)no3)cc2)cc1. The molecule has 8 nitrogen and oxygen atoms in total. The fourth-order valence-electron chi connectivity index (χ4n) is 3.41. The fourth-order valence-corrected chi connectivity index (χ4v) is 3.41. The molecule has 0 aliphatic rings. The first-order valence-electron chi connectivity index (χ1n) is 11.5. The third-order valence-electron chi connectivity index (χ3n) is 5.22. The van der Waals surface area contributed by atoms with Crippen molar-refractivity contribution >= 4 is 23.2 Å². The maximum absolute atomic E-state index is 13.0. The van der Waals surface area contributed by atoms with E-state index in [1.54, 1.807) is 60.7 Å². The highest BCUT2D eigenvalue weighted by Crippen LogP contribution is 2.19. The van der Waals surface area contributed by atoms with E-state index in [1.807, 2.05) is 6.92 Å². The van der Waals surface area contributed by atoms with Crippen molar-refractivity contribution in [2.45, 2.75) is 26.2 Å². The Morgan fingerprint density at radius 2 is 1.58 bits per heavy atom. The molecular formula is C27H25FN4O4. The molecule has 0 atom stereocenters. The predicted octanol–water partition coefficient (Wildman–Crippen LogP) is 5.49. The molecule has 0 radical (unpaired) electrons. The quantitative estimate of drug-likeness (QED) is 0.306. The van der Waals surface area contributed by atoms with Crippen LogP contribution in [0.1, 0.15) is 36.0 Å². The van der Waals surface area contributed by atoms with Crippen molar-refractivity contribution in [1.29, 1.82) is 0 Å². The van der Waals surface area contributed by atoms with Crippen molar-refractivity contribution in [2.75, 3.05) is 17.2 Å². The predicted molar refractivity (Wildman–Crippen MR) is 133 cm³/mol. The van der Waals surface area contributed by atoms with Crippen LogP contribution in [0, 0.1) is 5.82 Å². The van der Waals surface area contributed by atoms with Gasteiger partial charge in [0.05, 0.1) is 6.61 Å². The highest BCUT2D eigenvalue weighted by Gasteiger charge is 2.11. The summed E-state index contributed by atoms with van der Waals surface area (Å²) >= 11 is 0. The number of ether oxygens (including phenoxy) is 1. The van der Waals surface area contributed by atoms with Gasteiger partial charge < -0.3 is 19.9 Å². The molecule has 2 N–H and O–H groups in total. The topological polar surface area (TPSA) is 106 Å². The highest BCUT2D eigenvalue weighted by atomic mass is 19.1. The molecule has 0 saturated carbocycles. The summed E-state index contributed by atoms with van der Waals surface area (Å²) in [5.41, 5.74) is 2.37. The molecule has 1 aromatic heterocycles. The second-order valence-electron chi connectivity index (χ2n) is 7.91. The summed E-state index contributed by atoms with van der Waals surface area (Å²) in [5.74, 6) is 0.764. The number of nitrogens with one attached hydrogen (secondary N) is 2. The average molecular weight is 489 g/mol. The summed E-state index contributed by atoms with van der Waals surface area (Å²) in [6, 6.07) is 19.6. The van der Waals surface area contributed by atoms with Gasteiger partial charge in [-0.15, -0.1) is 0 Å². The number of carbonyl (C=O) groups excluding carboxylic acids is 2. The minimum absolute atomic E-state index is 0.167. The molecule has 0 bridgehead atoms. The summed E-state index contributed by atoms with van der Waals surface area (Å²) in [5, 5.41) is 9.53. The number of amides is 2. The van der Waals surface area contributed by atoms with Crippen molar-refractivity contribution < 1.29 is 23.2 Å². The van der Waals surface area contributed by atoms with Gasteiger partial charge in [0.25, 0.3) is 5.91 Å². The van der Waals surface area contributed by atoms with Crippen molar-refractivity contribution in [3.05, 3.63) is 90.1 Å². The first kappa shape index (κ1) is 24.6. The maximum Gasteiger partial charge on any atom is 0.255 e. The number of anilines is 2. The zero-order valence-electron chi connectivity index (χ0n) is 19.7. The highest BCUT2D eigenvalue weighted by molar-refractivity contribution is 6.04. The Kier molecular flexibility index (Phi) is 8.02. The van der Waals surface area contributed by atoms with Gasteiger partial charge in [0, 0.05) is 35.3 Å². The van der Waals surface area contributed by atoms with Crippen LogP contribution in [0.15, 0.2) is 77.3 Å². The number of nitrogens with zero attached hydrogens (tertiary/aromatic N) is 2. The van der Waals surface area contributed by atoms with E-state index in [-0.39, 0.29) is 24.1 Å². The van der Waals surface area contributed by atoms with E-state index in [1.165, 1.54) is 12.1 Å². The van der Waals surface area contributed by atoms with Gasteiger partial charge in [-0.1, -0.05) is 5.16 Å². The van der Waals surface area contributed by atoms with Crippen LogP contribution in [-0.2, 0) is 11.2 Å². The van der Waals surface area contributed by atoms with E-state index < -0.39 is 0 Å². The molecular weight excluding hydrogens is 463 g/mol. The van der Waals surface area contributed by atoms with Crippen LogP contribution in [0.2, 0.25) is 0 Å². The molecule has 0 spiro atoms. The van der Waals surface area contributed by atoms with E-state index in [4.69, 9.17) is 9.26 Å². The Morgan fingerprint density at radius 1 is 0.917 bits per heavy atom. The van der Waals surface area contributed by atoms with Crippen LogP contribution in [0.25, 0.3) is 11.4 Å². The van der Waals surface area contributed by atoms with Crippen LogP contribution in [0.3, 0.4) is 0 Å². The molecule has 36 heavy (non-hydrogen) atoms. The lowest BCUT2D eigenvalue weighted by atomic mass is 10.1. The molecule has 0 aliphatic heterocycles. The number of halogens is 1. The lowest BCUT2D eigenvalue weighted by molar-refractivity contribution is -0.116. The Hall–Kier alpha value is -4.53. The van der Waals surface area contributed by atoms with Gasteiger partial charge in [-0.2, -0.15) is 4.98 Å². The van der Waals surface area contributed by atoms with E-state index >= 15 is 0 Å². The second kappa shape index (κ2) is 11.7. The zero-order chi connectivity index (χ0) is 25.3.